The Bertz CT molecular complexity index is 1050. The van der Waals surface area contributed by atoms with Gasteiger partial charge in [0.15, 0.2) is 0 Å². The molecule has 0 saturated heterocycles. The van der Waals surface area contributed by atoms with E-state index in [4.69, 9.17) is 0 Å². The molecule has 0 aliphatic carbocycles. The summed E-state index contributed by atoms with van der Waals surface area (Å²) in [7, 11) is 1.72. The fourth-order valence-electron chi connectivity index (χ4n) is 2.78. The normalized spacial score (nSPS) is 10.4. The van der Waals surface area contributed by atoms with Crippen molar-refractivity contribution in [1.82, 2.24) is 20.0 Å². The Balaban J connectivity index is 1.73. The van der Waals surface area contributed by atoms with Crippen molar-refractivity contribution in [1.29, 1.82) is 0 Å². The molecule has 3 aromatic rings. The van der Waals surface area contributed by atoms with E-state index in [0.717, 1.165) is 11.1 Å². The van der Waals surface area contributed by atoms with Crippen LogP contribution in [0.1, 0.15) is 32.0 Å². The maximum absolute atomic E-state index is 12.6. The van der Waals surface area contributed by atoms with Crippen LogP contribution in [0.25, 0.3) is 0 Å². The van der Waals surface area contributed by atoms with Crippen molar-refractivity contribution in [2.75, 3.05) is 0 Å². The summed E-state index contributed by atoms with van der Waals surface area (Å²) in [5.74, 6) is -1.13. The molecule has 2 aromatic heterocycles. The highest BCUT2D eigenvalue weighted by molar-refractivity contribution is 5.98. The molecule has 2 N–H and O–H groups in total. The topological polar surface area (TPSA) is 85.1 Å². The quantitative estimate of drug-likeness (QED) is 0.690. The van der Waals surface area contributed by atoms with Gasteiger partial charge in [-0.05, 0) is 36.8 Å². The summed E-state index contributed by atoms with van der Waals surface area (Å²) in [6.07, 6.45) is 3.35. The van der Waals surface area contributed by atoms with Crippen LogP contribution in [-0.2, 0) is 13.6 Å². The predicted molar refractivity (Wildman–Crippen MR) is 101 cm³/mol. The molecule has 0 bridgehead atoms. The summed E-state index contributed by atoms with van der Waals surface area (Å²) in [6, 6.07) is 14.2. The third kappa shape index (κ3) is 4.14. The van der Waals surface area contributed by atoms with Crippen LogP contribution >= 0.6 is 0 Å². The Labute approximate surface area is 156 Å². The summed E-state index contributed by atoms with van der Waals surface area (Å²) in [4.78, 5) is 37.0. The first-order valence-electron chi connectivity index (χ1n) is 8.43. The van der Waals surface area contributed by atoms with Crippen molar-refractivity contribution in [2.45, 2.75) is 13.5 Å². The van der Waals surface area contributed by atoms with Crippen LogP contribution in [0, 0.1) is 6.92 Å². The second-order valence-corrected chi connectivity index (χ2v) is 6.26. The smallest absolute Gasteiger partial charge is 0.286 e. The van der Waals surface area contributed by atoms with E-state index in [-0.39, 0.29) is 5.56 Å². The zero-order valence-corrected chi connectivity index (χ0v) is 15.1. The number of aryl methyl sites for hydroxylation is 2. The monoisotopic (exact) mass is 364 g/mol. The van der Waals surface area contributed by atoms with E-state index in [1.165, 1.54) is 10.6 Å². The van der Waals surface area contributed by atoms with Crippen molar-refractivity contribution < 1.29 is 9.59 Å². The first-order chi connectivity index (χ1) is 13.0. The number of aromatic nitrogens is 2. The fraction of sp³-hybridized carbons (Fsp3) is 0.150. The van der Waals surface area contributed by atoms with Gasteiger partial charge in [0.25, 0.3) is 17.4 Å². The molecule has 0 aliphatic rings. The van der Waals surface area contributed by atoms with E-state index in [2.05, 4.69) is 10.9 Å². The second-order valence-electron chi connectivity index (χ2n) is 6.26. The molecule has 1 aromatic carbocycles. The minimum absolute atomic E-state index is 0.0441. The van der Waals surface area contributed by atoms with Crippen molar-refractivity contribution in [2.24, 2.45) is 7.05 Å². The van der Waals surface area contributed by atoms with Gasteiger partial charge < -0.3 is 9.13 Å². The third-order valence-corrected chi connectivity index (χ3v) is 4.17. The second kappa shape index (κ2) is 7.74. The van der Waals surface area contributed by atoms with E-state index in [0.29, 0.717) is 12.2 Å². The van der Waals surface area contributed by atoms with Crippen LogP contribution in [0.5, 0.6) is 0 Å². The van der Waals surface area contributed by atoms with Crippen molar-refractivity contribution in [3.8, 4) is 0 Å². The van der Waals surface area contributed by atoms with Gasteiger partial charge in [-0.25, -0.2) is 0 Å². The number of nitrogens with zero attached hydrogens (tertiary/aromatic N) is 2. The number of hydrogen-bond acceptors (Lipinski definition) is 3. The van der Waals surface area contributed by atoms with E-state index in [9.17, 15) is 14.4 Å². The van der Waals surface area contributed by atoms with E-state index in [1.54, 1.807) is 42.2 Å². The van der Waals surface area contributed by atoms with E-state index in [1.807, 2.05) is 31.2 Å². The lowest BCUT2D eigenvalue weighted by Crippen LogP contribution is -2.44. The first kappa shape index (κ1) is 18.2. The molecule has 0 fully saturated rings. The molecule has 0 saturated carbocycles. The Morgan fingerprint density at radius 3 is 2.41 bits per heavy atom. The van der Waals surface area contributed by atoms with Gasteiger partial charge in [-0.2, -0.15) is 0 Å². The minimum atomic E-state index is -0.666. The van der Waals surface area contributed by atoms with Crippen LogP contribution in [0.3, 0.4) is 0 Å². The number of carbonyl (C=O) groups is 2. The summed E-state index contributed by atoms with van der Waals surface area (Å²) < 4.78 is 3.08. The van der Waals surface area contributed by atoms with Gasteiger partial charge in [0.1, 0.15) is 11.3 Å². The highest BCUT2D eigenvalue weighted by Crippen LogP contribution is 2.05. The molecule has 7 heteroatoms. The van der Waals surface area contributed by atoms with E-state index < -0.39 is 17.4 Å². The highest BCUT2D eigenvalue weighted by Gasteiger charge is 2.15. The Morgan fingerprint density at radius 2 is 1.70 bits per heavy atom. The summed E-state index contributed by atoms with van der Waals surface area (Å²) in [6.45, 7) is 2.34. The molecule has 0 unspecified atom stereocenters. The summed E-state index contributed by atoms with van der Waals surface area (Å²) in [5, 5.41) is 0. The molecule has 3 rings (SSSR count). The molecule has 27 heavy (non-hydrogen) atoms. The molecular weight excluding hydrogens is 344 g/mol. The number of hydrazine groups is 1. The molecule has 2 heterocycles. The fourth-order valence-corrected chi connectivity index (χ4v) is 2.78. The van der Waals surface area contributed by atoms with Gasteiger partial charge in [-0.15, -0.1) is 0 Å². The number of rotatable bonds is 4. The van der Waals surface area contributed by atoms with Gasteiger partial charge in [-0.1, -0.05) is 29.8 Å². The Morgan fingerprint density at radius 1 is 0.963 bits per heavy atom. The SMILES string of the molecule is Cc1cccc(Cn2cccc(C(=O)NNC(=O)c3cccn3C)c2=O)c1. The van der Waals surface area contributed by atoms with Gasteiger partial charge in [-0.3, -0.25) is 25.2 Å². The third-order valence-electron chi connectivity index (χ3n) is 4.17. The predicted octanol–water partition coefficient (Wildman–Crippen LogP) is 1.62. The first-order valence-corrected chi connectivity index (χ1v) is 8.43. The maximum Gasteiger partial charge on any atom is 0.286 e. The van der Waals surface area contributed by atoms with Gasteiger partial charge in [0.2, 0.25) is 0 Å². The average Bonchev–Trinajstić information content (AvgIpc) is 3.07. The largest absolute Gasteiger partial charge is 0.347 e. The van der Waals surface area contributed by atoms with Gasteiger partial charge in [0.05, 0.1) is 6.54 Å². The van der Waals surface area contributed by atoms with Crippen LogP contribution < -0.4 is 16.4 Å². The van der Waals surface area contributed by atoms with Crippen molar-refractivity contribution in [3.05, 3.63) is 93.7 Å². The van der Waals surface area contributed by atoms with Crippen LogP contribution in [-0.4, -0.2) is 20.9 Å². The molecule has 138 valence electrons. The maximum atomic E-state index is 12.6. The Hall–Kier alpha value is -3.61. The molecule has 0 aliphatic heterocycles. The van der Waals surface area contributed by atoms with Crippen LogP contribution in [0.4, 0.5) is 0 Å². The minimum Gasteiger partial charge on any atom is -0.347 e. The Kier molecular flexibility index (Phi) is 5.21. The summed E-state index contributed by atoms with van der Waals surface area (Å²) >= 11 is 0. The number of hydrogen-bond donors (Lipinski definition) is 2. The zero-order chi connectivity index (χ0) is 19.4. The molecule has 2 amide bonds. The summed E-state index contributed by atoms with van der Waals surface area (Å²) in [5.41, 5.74) is 6.59. The lowest BCUT2D eigenvalue weighted by molar-refractivity contribution is 0.0841. The standard InChI is InChI=1S/C20H20N4O3/c1-14-6-3-7-15(12-14)13-24-11-4-8-16(20(24)27)18(25)21-22-19(26)17-9-5-10-23(17)2/h3-12H,13H2,1-2H3,(H,21,25)(H,22,26). The number of carbonyl (C=O) groups excluding carboxylic acids is 2. The number of pyridine rings is 1. The van der Waals surface area contributed by atoms with E-state index >= 15 is 0 Å². The molecular formula is C20H20N4O3. The zero-order valence-electron chi connectivity index (χ0n) is 15.1. The van der Waals surface area contributed by atoms with Crippen LogP contribution in [0.2, 0.25) is 0 Å². The van der Waals surface area contributed by atoms with Crippen LogP contribution in [0.15, 0.2) is 65.7 Å². The lowest BCUT2D eigenvalue weighted by atomic mass is 10.1. The number of benzene rings is 1. The number of nitrogens with one attached hydrogen (secondary N) is 2. The average molecular weight is 364 g/mol. The van der Waals surface area contributed by atoms with Gasteiger partial charge in [0, 0.05) is 19.4 Å². The molecule has 0 radical (unpaired) electrons. The van der Waals surface area contributed by atoms with Crippen molar-refractivity contribution in [3.63, 3.8) is 0 Å². The van der Waals surface area contributed by atoms with Crippen molar-refractivity contribution >= 4 is 11.8 Å². The molecule has 7 nitrogen and oxygen atoms in total. The highest BCUT2D eigenvalue weighted by atomic mass is 16.2. The van der Waals surface area contributed by atoms with Gasteiger partial charge >= 0.3 is 0 Å². The molecule has 0 spiro atoms. The number of amides is 2. The lowest BCUT2D eigenvalue weighted by Gasteiger charge is -2.10. The molecule has 0 atom stereocenters.